The van der Waals surface area contributed by atoms with Gasteiger partial charge >= 0.3 is 0 Å². The summed E-state index contributed by atoms with van der Waals surface area (Å²) in [7, 11) is 0. The lowest BCUT2D eigenvalue weighted by Crippen LogP contribution is -2.44. The van der Waals surface area contributed by atoms with Crippen molar-refractivity contribution in [3.63, 3.8) is 0 Å². The van der Waals surface area contributed by atoms with Gasteiger partial charge in [-0.1, -0.05) is 22.9 Å². The SMILES string of the molecule is Cc1cc(C)c(N2CC(c3nc(C4(N)CCC4)no3)CC2=O)c(C)c1. The monoisotopic (exact) mass is 340 g/mol. The van der Waals surface area contributed by atoms with Gasteiger partial charge in [-0.3, -0.25) is 4.79 Å². The number of nitrogens with zero attached hydrogens (tertiary/aromatic N) is 3. The van der Waals surface area contributed by atoms with E-state index in [2.05, 4.69) is 43.0 Å². The number of carbonyl (C=O) groups is 1. The predicted octanol–water partition coefficient (Wildman–Crippen LogP) is 2.85. The summed E-state index contributed by atoms with van der Waals surface area (Å²) in [6.45, 7) is 6.75. The Balaban J connectivity index is 1.59. The number of aromatic nitrogens is 2. The number of nitrogens with two attached hydrogens (primary N) is 1. The van der Waals surface area contributed by atoms with Gasteiger partial charge in [0.1, 0.15) is 0 Å². The molecule has 2 N–H and O–H groups in total. The molecule has 2 aliphatic rings. The summed E-state index contributed by atoms with van der Waals surface area (Å²) in [5.41, 5.74) is 10.3. The summed E-state index contributed by atoms with van der Waals surface area (Å²) in [4.78, 5) is 19.0. The minimum atomic E-state index is -0.436. The molecule has 2 fully saturated rings. The Hall–Kier alpha value is -2.21. The van der Waals surface area contributed by atoms with Gasteiger partial charge in [0.2, 0.25) is 11.8 Å². The lowest BCUT2D eigenvalue weighted by Gasteiger charge is -2.34. The van der Waals surface area contributed by atoms with E-state index in [-0.39, 0.29) is 11.8 Å². The third-order valence-corrected chi connectivity index (χ3v) is 5.51. The van der Waals surface area contributed by atoms with Crippen LogP contribution in [0.2, 0.25) is 0 Å². The maximum absolute atomic E-state index is 12.6. The summed E-state index contributed by atoms with van der Waals surface area (Å²) >= 11 is 0. The minimum absolute atomic E-state index is 0.0717. The van der Waals surface area contributed by atoms with Gasteiger partial charge < -0.3 is 15.2 Å². The number of anilines is 1. The van der Waals surface area contributed by atoms with Crippen LogP contribution in [0, 0.1) is 20.8 Å². The summed E-state index contributed by atoms with van der Waals surface area (Å²) in [5.74, 6) is 1.15. The Labute approximate surface area is 147 Å². The zero-order valence-electron chi connectivity index (χ0n) is 15.0. The van der Waals surface area contributed by atoms with Crippen LogP contribution >= 0.6 is 0 Å². The molecule has 25 heavy (non-hydrogen) atoms. The molecule has 0 radical (unpaired) electrons. The van der Waals surface area contributed by atoms with Crippen molar-refractivity contribution in [2.45, 2.75) is 57.9 Å². The quantitative estimate of drug-likeness (QED) is 0.928. The number of carbonyl (C=O) groups excluding carboxylic acids is 1. The van der Waals surface area contributed by atoms with E-state index >= 15 is 0 Å². The zero-order valence-corrected chi connectivity index (χ0v) is 15.0. The fraction of sp³-hybridized carbons (Fsp3) is 0.526. The molecule has 4 rings (SSSR count). The molecule has 0 bridgehead atoms. The Morgan fingerprint density at radius 1 is 1.24 bits per heavy atom. The number of hydrogen-bond acceptors (Lipinski definition) is 5. The second-order valence-corrected chi connectivity index (χ2v) is 7.62. The summed E-state index contributed by atoms with van der Waals surface area (Å²) < 4.78 is 5.46. The second-order valence-electron chi connectivity index (χ2n) is 7.62. The van der Waals surface area contributed by atoms with Crippen LogP contribution in [0.1, 0.15) is 60.0 Å². The smallest absolute Gasteiger partial charge is 0.232 e. The van der Waals surface area contributed by atoms with Crippen LogP contribution in [0.5, 0.6) is 0 Å². The fourth-order valence-electron chi connectivity index (χ4n) is 4.07. The highest BCUT2D eigenvalue weighted by atomic mass is 16.5. The minimum Gasteiger partial charge on any atom is -0.339 e. The third-order valence-electron chi connectivity index (χ3n) is 5.51. The summed E-state index contributed by atoms with van der Waals surface area (Å²) in [6.07, 6.45) is 3.28. The highest BCUT2D eigenvalue weighted by molar-refractivity contribution is 5.97. The zero-order chi connectivity index (χ0) is 17.8. The number of aryl methyl sites for hydroxylation is 3. The van der Waals surface area contributed by atoms with Crippen LogP contribution in [0.4, 0.5) is 5.69 Å². The Morgan fingerprint density at radius 3 is 2.52 bits per heavy atom. The molecule has 0 spiro atoms. The van der Waals surface area contributed by atoms with Crippen molar-refractivity contribution in [2.24, 2.45) is 5.73 Å². The van der Waals surface area contributed by atoms with E-state index in [4.69, 9.17) is 10.3 Å². The van der Waals surface area contributed by atoms with Crippen molar-refractivity contribution < 1.29 is 9.32 Å². The van der Waals surface area contributed by atoms with Gasteiger partial charge in [-0.25, -0.2) is 0 Å². The van der Waals surface area contributed by atoms with Crippen molar-refractivity contribution in [1.82, 2.24) is 10.1 Å². The van der Waals surface area contributed by atoms with E-state index in [1.165, 1.54) is 5.56 Å². The van der Waals surface area contributed by atoms with Crippen LogP contribution in [0.15, 0.2) is 16.7 Å². The van der Waals surface area contributed by atoms with Crippen LogP contribution < -0.4 is 10.6 Å². The maximum Gasteiger partial charge on any atom is 0.232 e. The highest BCUT2D eigenvalue weighted by Gasteiger charge is 2.41. The molecule has 6 nitrogen and oxygen atoms in total. The second kappa shape index (κ2) is 5.66. The first-order valence-corrected chi connectivity index (χ1v) is 8.88. The normalized spacial score (nSPS) is 22.3. The van der Waals surface area contributed by atoms with Gasteiger partial charge in [0, 0.05) is 18.7 Å². The molecule has 1 saturated carbocycles. The molecular formula is C19H24N4O2. The van der Waals surface area contributed by atoms with Crippen molar-refractivity contribution in [3.05, 3.63) is 40.5 Å². The third kappa shape index (κ3) is 2.65. The van der Waals surface area contributed by atoms with Gasteiger partial charge in [-0.15, -0.1) is 0 Å². The van der Waals surface area contributed by atoms with Crippen LogP contribution in [0.3, 0.4) is 0 Å². The van der Waals surface area contributed by atoms with Crippen molar-refractivity contribution >= 4 is 11.6 Å². The first-order valence-electron chi connectivity index (χ1n) is 8.88. The first-order chi connectivity index (χ1) is 11.9. The fourth-order valence-corrected chi connectivity index (χ4v) is 4.07. The van der Waals surface area contributed by atoms with E-state index < -0.39 is 5.54 Å². The number of rotatable bonds is 3. The molecule has 1 saturated heterocycles. The molecule has 1 aromatic carbocycles. The van der Waals surface area contributed by atoms with Gasteiger partial charge in [0.15, 0.2) is 5.82 Å². The molecule has 2 aromatic rings. The van der Waals surface area contributed by atoms with Gasteiger partial charge in [0.05, 0.1) is 11.5 Å². The number of benzene rings is 1. The Bertz CT molecular complexity index is 815. The van der Waals surface area contributed by atoms with Crippen LogP contribution in [0.25, 0.3) is 0 Å². The average Bonchev–Trinajstić information content (AvgIpc) is 3.12. The topological polar surface area (TPSA) is 85.2 Å². The standard InChI is InChI=1S/C19H24N4O2/c1-11-7-12(2)16(13(3)8-11)23-10-14(9-15(23)24)17-21-18(22-25-17)19(20)5-4-6-19/h7-8,14H,4-6,9-10,20H2,1-3H3. The lowest BCUT2D eigenvalue weighted by atomic mass is 9.77. The van der Waals surface area contributed by atoms with E-state index in [1.54, 1.807) is 0 Å². The van der Waals surface area contributed by atoms with Crippen molar-refractivity contribution in [2.75, 3.05) is 11.4 Å². The molecule has 1 aromatic heterocycles. The molecule has 1 aliphatic carbocycles. The molecule has 1 aliphatic heterocycles. The van der Waals surface area contributed by atoms with E-state index in [1.807, 2.05) is 4.90 Å². The van der Waals surface area contributed by atoms with E-state index in [0.717, 1.165) is 36.1 Å². The summed E-state index contributed by atoms with van der Waals surface area (Å²) in [6, 6.07) is 4.23. The van der Waals surface area contributed by atoms with Gasteiger partial charge in [-0.05, 0) is 51.2 Å². The Kier molecular flexibility index (Phi) is 3.68. The predicted molar refractivity (Wildman–Crippen MR) is 94.4 cm³/mol. The Morgan fingerprint density at radius 2 is 1.92 bits per heavy atom. The maximum atomic E-state index is 12.6. The number of amides is 1. The largest absolute Gasteiger partial charge is 0.339 e. The first kappa shape index (κ1) is 16.3. The van der Waals surface area contributed by atoms with E-state index in [0.29, 0.717) is 24.7 Å². The van der Waals surface area contributed by atoms with Crippen molar-refractivity contribution in [1.29, 1.82) is 0 Å². The molecule has 2 heterocycles. The molecule has 1 atom stereocenters. The molecule has 6 heteroatoms. The molecule has 1 unspecified atom stereocenters. The highest BCUT2D eigenvalue weighted by Crippen LogP contribution is 2.39. The van der Waals surface area contributed by atoms with Crippen LogP contribution in [-0.4, -0.2) is 22.6 Å². The summed E-state index contributed by atoms with van der Waals surface area (Å²) in [5, 5.41) is 4.08. The molecule has 132 valence electrons. The van der Waals surface area contributed by atoms with Gasteiger partial charge in [0.25, 0.3) is 0 Å². The van der Waals surface area contributed by atoms with Crippen LogP contribution in [-0.2, 0) is 10.3 Å². The molecular weight excluding hydrogens is 316 g/mol. The van der Waals surface area contributed by atoms with E-state index in [9.17, 15) is 4.79 Å². The van der Waals surface area contributed by atoms with Crippen molar-refractivity contribution in [3.8, 4) is 0 Å². The lowest BCUT2D eigenvalue weighted by molar-refractivity contribution is -0.117. The molecule has 1 amide bonds. The number of hydrogen-bond donors (Lipinski definition) is 1. The average molecular weight is 340 g/mol. The van der Waals surface area contributed by atoms with Gasteiger partial charge in [-0.2, -0.15) is 4.98 Å².